The van der Waals surface area contributed by atoms with Gasteiger partial charge in [-0.15, -0.1) is 0 Å². The van der Waals surface area contributed by atoms with Gasteiger partial charge in [-0.25, -0.2) is 4.79 Å². The Kier molecular flexibility index (Phi) is 6.26. The van der Waals surface area contributed by atoms with E-state index in [9.17, 15) is 4.79 Å². The smallest absolute Gasteiger partial charge is 0.410 e. The number of nitrogens with one attached hydrogen (secondary N) is 1. The molecule has 1 N–H and O–H groups in total. The molecule has 0 bridgehead atoms. The van der Waals surface area contributed by atoms with E-state index in [1.165, 1.54) is 5.56 Å². The van der Waals surface area contributed by atoms with Gasteiger partial charge in [0.25, 0.3) is 0 Å². The van der Waals surface area contributed by atoms with Crippen LogP contribution in [0.25, 0.3) is 0 Å². The minimum absolute atomic E-state index is 0.175. The van der Waals surface area contributed by atoms with Gasteiger partial charge in [-0.1, -0.05) is 0 Å². The molecule has 0 saturated carbocycles. The molecule has 2 heterocycles. The van der Waals surface area contributed by atoms with Crippen LogP contribution in [-0.2, 0) is 11.2 Å². The zero-order valence-electron chi connectivity index (χ0n) is 13.9. The molecule has 1 aliphatic rings. The fourth-order valence-electron chi connectivity index (χ4n) is 2.67. The van der Waals surface area contributed by atoms with Crippen LogP contribution in [-0.4, -0.2) is 42.3 Å². The lowest BCUT2D eigenvalue weighted by Crippen LogP contribution is -2.38. The van der Waals surface area contributed by atoms with Gasteiger partial charge in [0.05, 0.1) is 0 Å². The van der Waals surface area contributed by atoms with Crippen LogP contribution in [0.15, 0.2) is 16.8 Å². The molecule has 0 radical (unpaired) electrons. The third-order valence-electron chi connectivity index (χ3n) is 3.81. The monoisotopic (exact) mass is 324 g/mol. The lowest BCUT2D eigenvalue weighted by molar-refractivity contribution is 0.0256. The number of carbonyl (C=O) groups is 1. The van der Waals surface area contributed by atoms with Gasteiger partial charge >= 0.3 is 6.09 Å². The molecule has 1 aliphatic heterocycles. The van der Waals surface area contributed by atoms with Crippen LogP contribution >= 0.6 is 11.3 Å². The summed E-state index contributed by atoms with van der Waals surface area (Å²) in [6.07, 6.45) is 4.07. The van der Waals surface area contributed by atoms with Crippen LogP contribution in [0.2, 0.25) is 0 Å². The number of carbonyl (C=O) groups excluding carboxylic acids is 1. The number of rotatable bonds is 4. The maximum Gasteiger partial charge on any atom is 0.410 e. The molecule has 0 aromatic carbocycles. The second kappa shape index (κ2) is 7.97. The molecule has 5 heteroatoms. The quantitative estimate of drug-likeness (QED) is 0.919. The van der Waals surface area contributed by atoms with Gasteiger partial charge in [-0.05, 0) is 75.4 Å². The van der Waals surface area contributed by atoms with Crippen LogP contribution in [0.4, 0.5) is 4.79 Å². The van der Waals surface area contributed by atoms with Crippen molar-refractivity contribution in [3.8, 4) is 0 Å². The molecular formula is C17H28N2O2S. The maximum absolute atomic E-state index is 12.1. The first-order chi connectivity index (χ1) is 10.4. The van der Waals surface area contributed by atoms with Crippen molar-refractivity contribution >= 4 is 17.4 Å². The normalized spacial score (nSPS) is 19.8. The predicted octanol–water partition coefficient (Wildman–Crippen LogP) is 3.67. The second-order valence-corrected chi connectivity index (χ2v) is 7.71. The summed E-state index contributed by atoms with van der Waals surface area (Å²) in [6.45, 7) is 8.34. The molecule has 4 nitrogen and oxygen atoms in total. The van der Waals surface area contributed by atoms with Crippen molar-refractivity contribution in [2.24, 2.45) is 0 Å². The summed E-state index contributed by atoms with van der Waals surface area (Å²) in [5, 5.41) is 7.97. The van der Waals surface area contributed by atoms with E-state index >= 15 is 0 Å². The number of amides is 1. The number of thiophene rings is 1. The van der Waals surface area contributed by atoms with E-state index in [0.29, 0.717) is 6.04 Å². The molecule has 1 saturated heterocycles. The summed E-state index contributed by atoms with van der Waals surface area (Å²) >= 11 is 1.75. The van der Waals surface area contributed by atoms with E-state index < -0.39 is 5.60 Å². The minimum Gasteiger partial charge on any atom is -0.444 e. The molecule has 124 valence electrons. The Morgan fingerprint density at radius 2 is 2.23 bits per heavy atom. The third-order valence-corrected chi connectivity index (χ3v) is 4.54. The fraction of sp³-hybridized carbons (Fsp3) is 0.706. The average molecular weight is 324 g/mol. The SMILES string of the molecule is CC(C)(C)OC(=O)N1CCCC(NCCc2ccsc2)CC1. The van der Waals surface area contributed by atoms with E-state index in [-0.39, 0.29) is 6.09 Å². The Hall–Kier alpha value is -1.07. The molecule has 1 fully saturated rings. The first-order valence-corrected chi connectivity index (χ1v) is 9.11. The topological polar surface area (TPSA) is 41.6 Å². The molecule has 22 heavy (non-hydrogen) atoms. The lowest BCUT2D eigenvalue weighted by Gasteiger charge is -2.26. The molecule has 1 atom stereocenters. The van der Waals surface area contributed by atoms with Gasteiger partial charge in [-0.3, -0.25) is 0 Å². The highest BCUT2D eigenvalue weighted by Crippen LogP contribution is 2.15. The summed E-state index contributed by atoms with van der Waals surface area (Å²) < 4.78 is 5.47. The number of hydrogen-bond donors (Lipinski definition) is 1. The maximum atomic E-state index is 12.1. The predicted molar refractivity (Wildman–Crippen MR) is 91.5 cm³/mol. The lowest BCUT2D eigenvalue weighted by atomic mass is 10.1. The van der Waals surface area contributed by atoms with Crippen LogP contribution < -0.4 is 5.32 Å². The standard InChI is InChI=1S/C17H28N2O2S/c1-17(2,3)21-16(20)19-10-4-5-15(7-11-19)18-9-6-14-8-12-22-13-14/h8,12-13,15,18H,4-7,9-11H2,1-3H3. The Labute approximate surface area is 137 Å². The van der Waals surface area contributed by atoms with Crippen LogP contribution in [0.5, 0.6) is 0 Å². The van der Waals surface area contributed by atoms with E-state index in [0.717, 1.165) is 45.3 Å². The number of likely N-dealkylation sites (tertiary alicyclic amines) is 1. The highest BCUT2D eigenvalue weighted by molar-refractivity contribution is 7.07. The number of ether oxygens (including phenoxy) is 1. The van der Waals surface area contributed by atoms with Crippen molar-refractivity contribution in [3.63, 3.8) is 0 Å². The van der Waals surface area contributed by atoms with E-state index in [2.05, 4.69) is 22.1 Å². The van der Waals surface area contributed by atoms with Crippen molar-refractivity contribution in [2.75, 3.05) is 19.6 Å². The highest BCUT2D eigenvalue weighted by Gasteiger charge is 2.24. The summed E-state index contributed by atoms with van der Waals surface area (Å²) in [6, 6.07) is 2.69. The molecule has 2 rings (SSSR count). The molecule has 0 spiro atoms. The zero-order chi connectivity index (χ0) is 16.0. The Balaban J connectivity index is 1.71. The van der Waals surface area contributed by atoms with Gasteiger partial charge in [0.15, 0.2) is 0 Å². The van der Waals surface area contributed by atoms with Crippen molar-refractivity contribution < 1.29 is 9.53 Å². The molecular weight excluding hydrogens is 296 g/mol. The molecule has 1 aromatic heterocycles. The van der Waals surface area contributed by atoms with Gasteiger partial charge in [0.1, 0.15) is 5.60 Å². The fourth-order valence-corrected chi connectivity index (χ4v) is 3.37. The molecule has 1 aromatic rings. The highest BCUT2D eigenvalue weighted by atomic mass is 32.1. The van der Waals surface area contributed by atoms with Gasteiger partial charge in [0, 0.05) is 19.1 Å². The van der Waals surface area contributed by atoms with Crippen LogP contribution in [0.1, 0.15) is 45.6 Å². The van der Waals surface area contributed by atoms with Crippen molar-refractivity contribution in [1.82, 2.24) is 10.2 Å². The molecule has 1 amide bonds. The first kappa shape index (κ1) is 17.3. The Morgan fingerprint density at radius 3 is 2.91 bits per heavy atom. The van der Waals surface area contributed by atoms with Crippen molar-refractivity contribution in [2.45, 2.75) is 58.1 Å². The van der Waals surface area contributed by atoms with Crippen molar-refractivity contribution in [3.05, 3.63) is 22.4 Å². The van der Waals surface area contributed by atoms with Gasteiger partial charge < -0.3 is 15.0 Å². The Morgan fingerprint density at radius 1 is 1.41 bits per heavy atom. The van der Waals surface area contributed by atoms with E-state index in [1.807, 2.05) is 25.7 Å². The second-order valence-electron chi connectivity index (χ2n) is 6.93. The summed E-state index contributed by atoms with van der Waals surface area (Å²) in [5.74, 6) is 0. The average Bonchev–Trinajstić information content (AvgIpc) is 2.81. The largest absolute Gasteiger partial charge is 0.444 e. The number of hydrogen-bond acceptors (Lipinski definition) is 4. The summed E-state index contributed by atoms with van der Waals surface area (Å²) in [7, 11) is 0. The van der Waals surface area contributed by atoms with E-state index in [1.54, 1.807) is 11.3 Å². The molecule has 1 unspecified atom stereocenters. The number of nitrogens with zero attached hydrogens (tertiary/aromatic N) is 1. The van der Waals surface area contributed by atoms with Gasteiger partial charge in [-0.2, -0.15) is 11.3 Å². The van der Waals surface area contributed by atoms with Crippen LogP contribution in [0.3, 0.4) is 0 Å². The first-order valence-electron chi connectivity index (χ1n) is 8.16. The Bertz CT molecular complexity index is 454. The summed E-state index contributed by atoms with van der Waals surface area (Å²) in [4.78, 5) is 14.0. The van der Waals surface area contributed by atoms with Crippen molar-refractivity contribution in [1.29, 1.82) is 0 Å². The van der Waals surface area contributed by atoms with Crippen LogP contribution in [0, 0.1) is 0 Å². The van der Waals surface area contributed by atoms with Gasteiger partial charge in [0.2, 0.25) is 0 Å². The summed E-state index contributed by atoms with van der Waals surface area (Å²) in [5.41, 5.74) is 0.989. The minimum atomic E-state index is -0.415. The third kappa shape index (κ3) is 5.97. The zero-order valence-corrected chi connectivity index (χ0v) is 14.7. The van der Waals surface area contributed by atoms with E-state index in [4.69, 9.17) is 4.74 Å². The molecule has 0 aliphatic carbocycles.